The van der Waals surface area contributed by atoms with Gasteiger partial charge in [0.15, 0.2) is 5.16 Å². The molecule has 2 aromatic heterocycles. The lowest BCUT2D eigenvalue weighted by molar-refractivity contribution is -0.118. The predicted molar refractivity (Wildman–Crippen MR) is 125 cm³/mol. The van der Waals surface area contributed by atoms with Crippen LogP contribution in [0.3, 0.4) is 0 Å². The number of hydrogen-bond donors (Lipinski definition) is 1. The Bertz CT molecular complexity index is 1170. The Morgan fingerprint density at radius 1 is 1.30 bits per heavy atom. The zero-order chi connectivity index (χ0) is 21.3. The van der Waals surface area contributed by atoms with Gasteiger partial charge in [-0.2, -0.15) is 0 Å². The summed E-state index contributed by atoms with van der Waals surface area (Å²) in [4.78, 5) is 32.0. The molecule has 1 aliphatic carbocycles. The van der Waals surface area contributed by atoms with E-state index in [0.717, 1.165) is 35.0 Å². The molecule has 1 N–H and O–H groups in total. The molecule has 158 valence electrons. The Balaban J connectivity index is 1.39. The fraction of sp³-hybridized carbons (Fsp3) is 0.381. The van der Waals surface area contributed by atoms with Crippen LogP contribution in [0.5, 0.6) is 0 Å². The number of nitrogens with one attached hydrogen (secondary N) is 1. The second-order valence-corrected chi connectivity index (χ2v) is 10.1. The van der Waals surface area contributed by atoms with Crippen LogP contribution in [0.2, 0.25) is 10.0 Å². The van der Waals surface area contributed by atoms with Gasteiger partial charge in [-0.1, -0.05) is 41.0 Å². The van der Waals surface area contributed by atoms with Gasteiger partial charge in [-0.3, -0.25) is 14.2 Å². The third-order valence-corrected chi connectivity index (χ3v) is 8.02. The van der Waals surface area contributed by atoms with Gasteiger partial charge in [0, 0.05) is 28.5 Å². The molecule has 4 rings (SSSR count). The van der Waals surface area contributed by atoms with Gasteiger partial charge in [-0.25, -0.2) is 4.98 Å². The van der Waals surface area contributed by atoms with E-state index in [1.54, 1.807) is 35.1 Å². The maximum Gasteiger partial charge on any atom is 0.262 e. The summed E-state index contributed by atoms with van der Waals surface area (Å²) in [5, 5.41) is 5.41. The van der Waals surface area contributed by atoms with Crippen LogP contribution in [0.1, 0.15) is 28.8 Å². The molecule has 0 aliphatic heterocycles. The van der Waals surface area contributed by atoms with E-state index >= 15 is 0 Å². The number of halogens is 2. The molecule has 9 heteroatoms. The van der Waals surface area contributed by atoms with Crippen molar-refractivity contribution >= 4 is 62.4 Å². The minimum atomic E-state index is -0.107. The lowest BCUT2D eigenvalue weighted by Crippen LogP contribution is -2.28. The molecule has 5 nitrogen and oxygen atoms in total. The van der Waals surface area contributed by atoms with Crippen molar-refractivity contribution in [3.8, 4) is 0 Å². The molecule has 0 bridgehead atoms. The van der Waals surface area contributed by atoms with E-state index in [1.807, 2.05) is 6.07 Å². The van der Waals surface area contributed by atoms with Crippen molar-refractivity contribution in [1.29, 1.82) is 0 Å². The number of aryl methyl sites for hydroxylation is 2. The molecular weight excluding hydrogens is 461 g/mol. The van der Waals surface area contributed by atoms with E-state index in [-0.39, 0.29) is 17.2 Å². The first-order chi connectivity index (χ1) is 14.4. The SMILES string of the molecule is Cn1c(SCC(=O)NCCc2ccc(Cl)cc2Cl)nc2sc3c(c2c1=O)CCCC3. The monoisotopic (exact) mass is 481 g/mol. The lowest BCUT2D eigenvalue weighted by Gasteiger charge is -2.11. The molecule has 0 fully saturated rings. The summed E-state index contributed by atoms with van der Waals surface area (Å²) < 4.78 is 1.56. The molecule has 1 amide bonds. The first kappa shape index (κ1) is 21.7. The molecule has 1 aliphatic rings. The van der Waals surface area contributed by atoms with Crippen molar-refractivity contribution in [2.75, 3.05) is 12.3 Å². The zero-order valence-electron chi connectivity index (χ0n) is 16.5. The van der Waals surface area contributed by atoms with Gasteiger partial charge in [0.1, 0.15) is 4.83 Å². The second-order valence-electron chi connectivity index (χ2n) is 7.27. The van der Waals surface area contributed by atoms with Crippen molar-refractivity contribution in [2.24, 2.45) is 7.05 Å². The Morgan fingerprint density at radius 2 is 2.10 bits per heavy atom. The predicted octanol–water partition coefficient (Wildman–Crippen LogP) is 4.63. The summed E-state index contributed by atoms with van der Waals surface area (Å²) in [6.07, 6.45) is 4.90. The number of thioether (sulfide) groups is 1. The third kappa shape index (κ3) is 4.54. The smallest absolute Gasteiger partial charge is 0.262 e. The summed E-state index contributed by atoms with van der Waals surface area (Å²) in [7, 11) is 1.73. The van der Waals surface area contributed by atoms with Crippen molar-refractivity contribution < 1.29 is 4.79 Å². The number of fused-ring (bicyclic) bond motifs is 3. The number of carbonyl (C=O) groups is 1. The Hall–Kier alpha value is -1.54. The standard InChI is InChI=1S/C21H21Cl2N3O2S2/c1-26-20(28)18-14-4-2-3-5-16(14)30-19(18)25-21(26)29-11-17(27)24-9-8-12-6-7-13(22)10-15(12)23/h6-7,10H,2-5,8-9,11H2,1H3,(H,24,27). The first-order valence-corrected chi connectivity index (χ1v) is 12.3. The highest BCUT2D eigenvalue weighted by Crippen LogP contribution is 2.34. The average molecular weight is 482 g/mol. The van der Waals surface area contributed by atoms with Crippen LogP contribution in [0, 0.1) is 0 Å². The number of benzene rings is 1. The zero-order valence-corrected chi connectivity index (χ0v) is 19.6. The Kier molecular flexibility index (Phi) is 6.72. The minimum absolute atomic E-state index is 0.0142. The highest BCUT2D eigenvalue weighted by Gasteiger charge is 2.21. The molecule has 1 aromatic carbocycles. The summed E-state index contributed by atoms with van der Waals surface area (Å²) in [6, 6.07) is 5.34. The third-order valence-electron chi connectivity index (χ3n) is 5.22. The van der Waals surface area contributed by atoms with Crippen LogP contribution in [0.4, 0.5) is 0 Å². The Morgan fingerprint density at radius 3 is 2.90 bits per heavy atom. The van der Waals surface area contributed by atoms with Gasteiger partial charge >= 0.3 is 0 Å². The van der Waals surface area contributed by atoms with Gasteiger partial charge in [0.05, 0.1) is 11.1 Å². The van der Waals surface area contributed by atoms with Crippen LogP contribution < -0.4 is 10.9 Å². The van der Waals surface area contributed by atoms with Crippen molar-refractivity contribution in [1.82, 2.24) is 14.9 Å². The highest BCUT2D eigenvalue weighted by atomic mass is 35.5. The van der Waals surface area contributed by atoms with Gasteiger partial charge in [-0.05, 0) is 55.4 Å². The van der Waals surface area contributed by atoms with E-state index < -0.39 is 0 Å². The number of aromatic nitrogens is 2. The van der Waals surface area contributed by atoms with Gasteiger partial charge < -0.3 is 5.32 Å². The molecular formula is C21H21Cl2N3O2S2. The molecule has 0 saturated heterocycles. The molecule has 0 unspecified atom stereocenters. The van der Waals surface area contributed by atoms with Crippen molar-refractivity contribution in [2.45, 2.75) is 37.3 Å². The second kappa shape index (κ2) is 9.30. The highest BCUT2D eigenvalue weighted by molar-refractivity contribution is 7.99. The van der Waals surface area contributed by atoms with Crippen LogP contribution in [0.25, 0.3) is 10.2 Å². The fourth-order valence-corrected chi connectivity index (χ4v) is 6.25. The van der Waals surface area contributed by atoms with Crippen molar-refractivity contribution in [3.63, 3.8) is 0 Å². The molecule has 30 heavy (non-hydrogen) atoms. The summed E-state index contributed by atoms with van der Waals surface area (Å²) in [5.74, 6) is 0.0931. The van der Waals surface area contributed by atoms with Crippen LogP contribution in [0.15, 0.2) is 28.2 Å². The molecule has 0 atom stereocenters. The first-order valence-electron chi connectivity index (χ1n) is 9.78. The molecule has 2 heterocycles. The molecule has 0 radical (unpaired) electrons. The van der Waals surface area contributed by atoms with Crippen LogP contribution >= 0.6 is 46.3 Å². The van der Waals surface area contributed by atoms with E-state index in [9.17, 15) is 9.59 Å². The molecule has 3 aromatic rings. The summed E-state index contributed by atoms with van der Waals surface area (Å²) in [5.41, 5.74) is 2.11. The lowest BCUT2D eigenvalue weighted by atomic mass is 9.97. The minimum Gasteiger partial charge on any atom is -0.355 e. The summed E-state index contributed by atoms with van der Waals surface area (Å²) >= 11 is 15.0. The number of thiophene rings is 1. The topological polar surface area (TPSA) is 64.0 Å². The number of rotatable bonds is 6. The maximum absolute atomic E-state index is 12.9. The summed E-state index contributed by atoms with van der Waals surface area (Å²) in [6.45, 7) is 0.476. The van der Waals surface area contributed by atoms with E-state index in [1.165, 1.54) is 28.6 Å². The normalized spacial score (nSPS) is 13.4. The van der Waals surface area contributed by atoms with Crippen LogP contribution in [-0.2, 0) is 31.1 Å². The Labute approximate surface area is 192 Å². The molecule has 0 saturated carbocycles. The largest absolute Gasteiger partial charge is 0.355 e. The average Bonchev–Trinajstić information content (AvgIpc) is 3.09. The van der Waals surface area contributed by atoms with Gasteiger partial charge in [0.25, 0.3) is 5.56 Å². The number of hydrogen-bond acceptors (Lipinski definition) is 5. The van der Waals surface area contributed by atoms with Crippen LogP contribution in [-0.4, -0.2) is 27.8 Å². The van der Waals surface area contributed by atoms with E-state index in [4.69, 9.17) is 28.2 Å². The van der Waals surface area contributed by atoms with Gasteiger partial charge in [-0.15, -0.1) is 11.3 Å². The number of carbonyl (C=O) groups excluding carboxylic acids is 1. The number of amides is 1. The van der Waals surface area contributed by atoms with E-state index in [0.29, 0.717) is 28.2 Å². The fourth-order valence-electron chi connectivity index (χ4n) is 3.64. The van der Waals surface area contributed by atoms with Crippen molar-refractivity contribution in [3.05, 3.63) is 54.6 Å². The molecule has 0 spiro atoms. The quantitative estimate of drug-likeness (QED) is 0.411. The van der Waals surface area contributed by atoms with E-state index in [2.05, 4.69) is 5.32 Å². The maximum atomic E-state index is 12.9. The van der Waals surface area contributed by atoms with Gasteiger partial charge in [0.2, 0.25) is 5.91 Å². The number of nitrogens with zero attached hydrogens (tertiary/aromatic N) is 2.